The number of nitrogens with zero attached hydrogens (tertiary/aromatic N) is 1. The van der Waals surface area contributed by atoms with Gasteiger partial charge in [0.25, 0.3) is 5.91 Å². The number of carbonyl (C=O) groups is 1. The second kappa shape index (κ2) is 3.38. The van der Waals surface area contributed by atoms with Gasteiger partial charge in [0.2, 0.25) is 0 Å². The number of likely N-dealkylation sites (tertiary alicyclic amines) is 1. The summed E-state index contributed by atoms with van der Waals surface area (Å²) in [5.74, 6) is -0.977. The first-order chi connectivity index (χ1) is 7.41. The third kappa shape index (κ3) is 1.69. The third-order valence-electron chi connectivity index (χ3n) is 2.58. The van der Waals surface area contributed by atoms with E-state index in [1.54, 1.807) is 6.92 Å². The molecule has 1 amide bonds. The van der Waals surface area contributed by atoms with E-state index in [1.807, 2.05) is 0 Å². The van der Waals surface area contributed by atoms with Gasteiger partial charge in [-0.3, -0.25) is 4.79 Å². The highest BCUT2D eigenvalue weighted by Gasteiger charge is 2.40. The molecule has 0 bridgehead atoms. The summed E-state index contributed by atoms with van der Waals surface area (Å²) in [5.41, 5.74) is -0.978. The Kier molecular flexibility index (Phi) is 2.27. The van der Waals surface area contributed by atoms with E-state index in [9.17, 15) is 20.1 Å². The molecule has 16 heavy (non-hydrogen) atoms. The number of hydrogen-bond donors (Lipinski definition) is 3. The van der Waals surface area contributed by atoms with Crippen LogP contribution in [0.2, 0.25) is 0 Å². The van der Waals surface area contributed by atoms with E-state index in [2.05, 4.69) is 0 Å². The van der Waals surface area contributed by atoms with E-state index in [1.165, 1.54) is 23.1 Å². The van der Waals surface area contributed by atoms with Gasteiger partial charge in [-0.25, -0.2) is 0 Å². The minimum absolute atomic E-state index is 0.113. The van der Waals surface area contributed by atoms with Crippen molar-refractivity contribution in [2.75, 3.05) is 13.1 Å². The van der Waals surface area contributed by atoms with Crippen LogP contribution in [0.5, 0.6) is 11.5 Å². The van der Waals surface area contributed by atoms with Gasteiger partial charge in [-0.15, -0.1) is 0 Å². The lowest BCUT2D eigenvalue weighted by Crippen LogP contribution is -2.61. The van der Waals surface area contributed by atoms with Gasteiger partial charge < -0.3 is 20.2 Å². The fraction of sp³-hybridized carbons (Fsp3) is 0.364. The zero-order valence-electron chi connectivity index (χ0n) is 8.84. The molecule has 1 aliphatic heterocycles. The van der Waals surface area contributed by atoms with Crippen LogP contribution in [0.15, 0.2) is 18.2 Å². The summed E-state index contributed by atoms with van der Waals surface area (Å²) >= 11 is 0. The van der Waals surface area contributed by atoms with Crippen molar-refractivity contribution in [2.45, 2.75) is 12.5 Å². The Morgan fingerprint density at radius 2 is 1.81 bits per heavy atom. The number of hydrogen-bond acceptors (Lipinski definition) is 4. The molecule has 1 aliphatic rings. The second-order valence-electron chi connectivity index (χ2n) is 4.33. The summed E-state index contributed by atoms with van der Waals surface area (Å²) in [4.78, 5) is 13.2. The van der Waals surface area contributed by atoms with Crippen LogP contribution < -0.4 is 0 Å². The first-order valence-corrected chi connectivity index (χ1v) is 4.93. The number of phenolic OH excluding ortho intramolecular Hbond substituents is 2. The maximum atomic E-state index is 11.9. The molecule has 3 N–H and O–H groups in total. The fourth-order valence-electron chi connectivity index (χ4n) is 1.83. The molecular weight excluding hydrogens is 210 g/mol. The molecule has 0 saturated carbocycles. The normalized spacial score (nSPS) is 18.0. The van der Waals surface area contributed by atoms with Crippen LogP contribution in [-0.4, -0.2) is 44.8 Å². The van der Waals surface area contributed by atoms with Crippen molar-refractivity contribution in [3.63, 3.8) is 0 Å². The number of phenols is 2. The van der Waals surface area contributed by atoms with Gasteiger partial charge in [0.1, 0.15) is 17.1 Å². The molecule has 5 heteroatoms. The van der Waals surface area contributed by atoms with Crippen molar-refractivity contribution in [1.82, 2.24) is 4.90 Å². The van der Waals surface area contributed by atoms with Crippen LogP contribution in [0.4, 0.5) is 0 Å². The van der Waals surface area contributed by atoms with Crippen molar-refractivity contribution >= 4 is 5.91 Å². The van der Waals surface area contributed by atoms with E-state index in [4.69, 9.17) is 0 Å². The third-order valence-corrected chi connectivity index (χ3v) is 2.58. The van der Waals surface area contributed by atoms with Crippen molar-refractivity contribution in [3.05, 3.63) is 23.8 Å². The SMILES string of the molecule is CC1(O)CN(C(=O)c2c(O)cccc2O)C1. The van der Waals surface area contributed by atoms with Gasteiger partial charge in [-0.2, -0.15) is 0 Å². The molecule has 1 heterocycles. The van der Waals surface area contributed by atoms with Crippen molar-refractivity contribution in [1.29, 1.82) is 0 Å². The zero-order chi connectivity index (χ0) is 11.9. The van der Waals surface area contributed by atoms with Gasteiger partial charge in [0, 0.05) is 0 Å². The van der Waals surface area contributed by atoms with E-state index < -0.39 is 11.5 Å². The Morgan fingerprint density at radius 3 is 2.25 bits per heavy atom. The number of β-amino-alcohol motifs (C(OH)–C–C–N with tert-alkyl or cyclic N) is 1. The highest BCUT2D eigenvalue weighted by atomic mass is 16.3. The second-order valence-corrected chi connectivity index (χ2v) is 4.33. The highest BCUT2D eigenvalue weighted by Crippen LogP contribution is 2.31. The standard InChI is InChI=1S/C11H13NO4/c1-11(16)5-12(6-11)10(15)9-7(13)3-2-4-8(9)14/h2-4,13-14,16H,5-6H2,1H3. The Labute approximate surface area is 92.6 Å². The minimum atomic E-state index is -0.865. The number of aromatic hydroxyl groups is 2. The lowest BCUT2D eigenvalue weighted by atomic mass is 9.95. The summed E-state index contributed by atoms with van der Waals surface area (Å²) in [5, 5.41) is 28.5. The van der Waals surface area contributed by atoms with Crippen molar-refractivity contribution in [3.8, 4) is 11.5 Å². The van der Waals surface area contributed by atoms with E-state index in [-0.39, 0.29) is 30.2 Å². The topological polar surface area (TPSA) is 81.0 Å². The molecule has 1 aromatic rings. The van der Waals surface area contributed by atoms with Gasteiger partial charge >= 0.3 is 0 Å². The molecule has 1 fully saturated rings. The molecule has 0 unspecified atom stereocenters. The quantitative estimate of drug-likeness (QED) is 0.639. The number of benzene rings is 1. The first kappa shape index (κ1) is 10.8. The maximum Gasteiger partial charge on any atom is 0.261 e. The number of carbonyl (C=O) groups excluding carboxylic acids is 1. The minimum Gasteiger partial charge on any atom is -0.507 e. The highest BCUT2D eigenvalue weighted by molar-refractivity contribution is 6.00. The zero-order valence-corrected chi connectivity index (χ0v) is 8.84. The molecule has 2 rings (SSSR count). The average molecular weight is 223 g/mol. The molecule has 1 aromatic carbocycles. The van der Waals surface area contributed by atoms with Crippen LogP contribution >= 0.6 is 0 Å². The predicted molar refractivity (Wildman–Crippen MR) is 56.3 cm³/mol. The maximum absolute atomic E-state index is 11.9. The van der Waals surface area contributed by atoms with E-state index >= 15 is 0 Å². The van der Waals surface area contributed by atoms with Crippen LogP contribution in [-0.2, 0) is 0 Å². The first-order valence-electron chi connectivity index (χ1n) is 4.93. The van der Waals surface area contributed by atoms with Gasteiger partial charge in [-0.1, -0.05) is 6.07 Å². The number of rotatable bonds is 1. The molecule has 0 atom stereocenters. The molecule has 0 aliphatic carbocycles. The van der Waals surface area contributed by atoms with Crippen LogP contribution in [0.1, 0.15) is 17.3 Å². The Hall–Kier alpha value is -1.75. The number of aliphatic hydroxyl groups is 1. The molecule has 86 valence electrons. The molecule has 1 saturated heterocycles. The Balaban J connectivity index is 2.23. The van der Waals surface area contributed by atoms with Gasteiger partial charge in [0.05, 0.1) is 18.7 Å². The van der Waals surface area contributed by atoms with Crippen LogP contribution in [0.25, 0.3) is 0 Å². The largest absolute Gasteiger partial charge is 0.507 e. The molecular formula is C11H13NO4. The summed E-state index contributed by atoms with van der Waals surface area (Å²) in [7, 11) is 0. The van der Waals surface area contributed by atoms with Gasteiger partial charge in [-0.05, 0) is 19.1 Å². The Morgan fingerprint density at radius 1 is 1.31 bits per heavy atom. The van der Waals surface area contributed by atoms with E-state index in [0.717, 1.165) is 0 Å². The average Bonchev–Trinajstić information content (AvgIpc) is 2.13. The smallest absolute Gasteiger partial charge is 0.261 e. The lowest BCUT2D eigenvalue weighted by molar-refractivity contribution is -0.0670. The molecule has 5 nitrogen and oxygen atoms in total. The molecule has 0 radical (unpaired) electrons. The Bertz CT molecular complexity index is 413. The predicted octanol–water partition coefficient (Wildman–Crippen LogP) is 0.305. The summed E-state index contributed by atoms with van der Waals surface area (Å²) < 4.78 is 0. The van der Waals surface area contributed by atoms with Crippen molar-refractivity contribution < 1.29 is 20.1 Å². The number of amides is 1. The summed E-state index contributed by atoms with van der Waals surface area (Å²) in [6, 6.07) is 4.13. The summed E-state index contributed by atoms with van der Waals surface area (Å²) in [6.45, 7) is 2.04. The monoisotopic (exact) mass is 223 g/mol. The molecule has 0 aromatic heterocycles. The van der Waals surface area contributed by atoms with Gasteiger partial charge in [0.15, 0.2) is 0 Å². The lowest BCUT2D eigenvalue weighted by Gasteiger charge is -2.44. The van der Waals surface area contributed by atoms with Crippen LogP contribution in [0.3, 0.4) is 0 Å². The summed E-state index contributed by atoms with van der Waals surface area (Å²) in [6.07, 6.45) is 0. The van der Waals surface area contributed by atoms with E-state index in [0.29, 0.717) is 0 Å². The van der Waals surface area contributed by atoms with Crippen LogP contribution in [0, 0.1) is 0 Å². The van der Waals surface area contributed by atoms with Crippen molar-refractivity contribution in [2.24, 2.45) is 0 Å². The molecule has 0 spiro atoms. The fourth-order valence-corrected chi connectivity index (χ4v) is 1.83.